The van der Waals surface area contributed by atoms with Crippen molar-refractivity contribution in [2.75, 3.05) is 19.4 Å². The fraction of sp³-hybridized carbons (Fsp3) is 0.621. The van der Waals surface area contributed by atoms with Crippen LogP contribution in [0.1, 0.15) is 52.2 Å². The normalized spacial score (nSPS) is 36.0. The summed E-state index contributed by atoms with van der Waals surface area (Å²) in [5.41, 5.74) is 2.13. The molecule has 1 aliphatic carbocycles. The molecule has 5 rings (SSSR count). The zero-order chi connectivity index (χ0) is 27.7. The maximum Gasteiger partial charge on any atom is 0.412 e. The van der Waals surface area contributed by atoms with Crippen molar-refractivity contribution in [3.8, 4) is 0 Å². The van der Waals surface area contributed by atoms with E-state index in [1.54, 1.807) is 6.08 Å². The first kappa shape index (κ1) is 26.7. The number of rotatable bonds is 3. The van der Waals surface area contributed by atoms with Crippen molar-refractivity contribution < 1.29 is 33.3 Å². The van der Waals surface area contributed by atoms with E-state index in [4.69, 9.17) is 18.9 Å². The predicted octanol–water partition coefficient (Wildman–Crippen LogP) is 3.73. The first-order valence-electron chi connectivity index (χ1n) is 13.3. The van der Waals surface area contributed by atoms with E-state index in [9.17, 15) is 14.4 Å². The molecule has 0 saturated carbocycles. The third-order valence-electron chi connectivity index (χ3n) is 8.43. The van der Waals surface area contributed by atoms with Crippen molar-refractivity contribution in [2.24, 2.45) is 11.8 Å². The SMILES string of the molecule is Cc1cccc(C(C)(C)C)c1NC(=O)O[C@@H]1[C@@H](N(C)C)C2=C[C@@H](OC2=O)[C@@H]2C(C)C(=O)O[C@H]2C[C@]2(C)O[C@@H]12. The molecule has 1 amide bonds. The van der Waals surface area contributed by atoms with Crippen molar-refractivity contribution >= 4 is 23.7 Å². The molecule has 4 aliphatic rings. The average Bonchev–Trinajstić information content (AvgIpc) is 3.20. The zero-order valence-corrected chi connectivity index (χ0v) is 23.4. The Hall–Kier alpha value is -2.91. The lowest BCUT2D eigenvalue weighted by Crippen LogP contribution is -2.49. The smallest absolute Gasteiger partial charge is 0.412 e. The summed E-state index contributed by atoms with van der Waals surface area (Å²) in [7, 11) is 3.66. The molecular formula is C29H38N2O7. The highest BCUT2D eigenvalue weighted by molar-refractivity contribution is 5.93. The summed E-state index contributed by atoms with van der Waals surface area (Å²) >= 11 is 0. The lowest BCUT2D eigenvalue weighted by molar-refractivity contribution is -0.144. The van der Waals surface area contributed by atoms with Crippen LogP contribution in [0.25, 0.3) is 0 Å². The maximum atomic E-state index is 13.4. The Morgan fingerprint density at radius 1 is 1.18 bits per heavy atom. The van der Waals surface area contributed by atoms with Crippen molar-refractivity contribution in [2.45, 2.75) is 89.4 Å². The van der Waals surface area contributed by atoms with Crippen LogP contribution in [0.2, 0.25) is 0 Å². The van der Waals surface area contributed by atoms with Gasteiger partial charge in [-0.15, -0.1) is 0 Å². The van der Waals surface area contributed by atoms with E-state index in [2.05, 4.69) is 26.1 Å². The van der Waals surface area contributed by atoms with Gasteiger partial charge in [-0.2, -0.15) is 0 Å². The molecule has 2 bridgehead atoms. The van der Waals surface area contributed by atoms with Crippen LogP contribution in [-0.2, 0) is 34.0 Å². The van der Waals surface area contributed by atoms with Gasteiger partial charge in [-0.25, -0.2) is 9.59 Å². The molecular weight excluding hydrogens is 488 g/mol. The maximum absolute atomic E-state index is 13.4. The quantitative estimate of drug-likeness (QED) is 0.361. The van der Waals surface area contributed by atoms with Crippen molar-refractivity contribution in [3.63, 3.8) is 0 Å². The summed E-state index contributed by atoms with van der Waals surface area (Å²) < 4.78 is 23.8. The topological polar surface area (TPSA) is 107 Å². The molecule has 1 N–H and O–H groups in total. The largest absolute Gasteiger partial charge is 0.462 e. The molecule has 206 valence electrons. The molecule has 38 heavy (non-hydrogen) atoms. The van der Waals surface area contributed by atoms with Crippen LogP contribution >= 0.6 is 0 Å². The minimum atomic E-state index is -0.805. The summed E-state index contributed by atoms with van der Waals surface area (Å²) in [5, 5.41) is 2.97. The Kier molecular flexibility index (Phi) is 6.38. The van der Waals surface area contributed by atoms with Gasteiger partial charge < -0.3 is 18.9 Å². The summed E-state index contributed by atoms with van der Waals surface area (Å²) in [4.78, 5) is 40.9. The number of ether oxygens (including phenoxy) is 4. The lowest BCUT2D eigenvalue weighted by Gasteiger charge is -2.32. The predicted molar refractivity (Wildman–Crippen MR) is 140 cm³/mol. The van der Waals surface area contributed by atoms with E-state index in [1.165, 1.54) is 0 Å². The second-order valence-corrected chi connectivity index (χ2v) is 12.5. The number of fused-ring (bicyclic) bond motifs is 4. The molecule has 0 radical (unpaired) electrons. The van der Waals surface area contributed by atoms with Gasteiger partial charge in [0, 0.05) is 12.3 Å². The molecule has 3 aliphatic heterocycles. The number of epoxide rings is 1. The highest BCUT2D eigenvalue weighted by Gasteiger charge is 2.65. The van der Waals surface area contributed by atoms with Gasteiger partial charge in [-0.1, -0.05) is 45.9 Å². The molecule has 8 atom stereocenters. The molecule has 1 aromatic carbocycles. The summed E-state index contributed by atoms with van der Waals surface area (Å²) in [6.07, 6.45) is -0.793. The number of amides is 1. The lowest BCUT2D eigenvalue weighted by atomic mass is 9.79. The van der Waals surface area contributed by atoms with E-state index in [-0.39, 0.29) is 17.3 Å². The van der Waals surface area contributed by atoms with Gasteiger partial charge in [0.05, 0.1) is 28.8 Å². The summed E-state index contributed by atoms with van der Waals surface area (Å²) in [5.74, 6) is -1.49. The molecule has 9 nitrogen and oxygen atoms in total. The third kappa shape index (κ3) is 4.49. The number of carbonyl (C=O) groups is 3. The Labute approximate surface area is 223 Å². The van der Waals surface area contributed by atoms with Crippen LogP contribution in [0, 0.1) is 18.8 Å². The van der Waals surface area contributed by atoms with Crippen LogP contribution in [0.5, 0.6) is 0 Å². The molecule has 3 heterocycles. The number of hydrogen-bond donors (Lipinski definition) is 1. The van der Waals surface area contributed by atoms with E-state index < -0.39 is 54.0 Å². The second kappa shape index (κ2) is 9.09. The minimum absolute atomic E-state index is 0.199. The molecule has 0 aromatic heterocycles. The molecule has 9 heteroatoms. The number of esters is 2. The number of hydrogen-bond acceptors (Lipinski definition) is 8. The summed E-state index contributed by atoms with van der Waals surface area (Å²) in [6, 6.07) is 5.31. The second-order valence-electron chi connectivity index (χ2n) is 12.5. The van der Waals surface area contributed by atoms with Gasteiger partial charge in [-0.3, -0.25) is 15.0 Å². The number of carbonyl (C=O) groups excluding carboxylic acids is 3. The highest BCUT2D eigenvalue weighted by Crippen LogP contribution is 2.51. The molecule has 2 fully saturated rings. The Bertz CT molecular complexity index is 1200. The van der Waals surface area contributed by atoms with Crippen LogP contribution in [0.15, 0.2) is 29.8 Å². The first-order chi connectivity index (χ1) is 17.7. The van der Waals surface area contributed by atoms with Crippen LogP contribution in [0.3, 0.4) is 0 Å². The molecule has 1 unspecified atom stereocenters. The van der Waals surface area contributed by atoms with E-state index >= 15 is 0 Å². The Balaban J connectivity index is 1.49. The fourth-order valence-corrected chi connectivity index (χ4v) is 6.36. The van der Waals surface area contributed by atoms with Crippen LogP contribution < -0.4 is 5.32 Å². The number of benzene rings is 1. The Morgan fingerprint density at radius 3 is 2.55 bits per heavy atom. The summed E-state index contributed by atoms with van der Waals surface area (Å²) in [6.45, 7) is 11.9. The van der Waals surface area contributed by atoms with Gasteiger partial charge >= 0.3 is 18.0 Å². The van der Waals surface area contributed by atoms with Crippen LogP contribution in [0.4, 0.5) is 10.5 Å². The molecule has 1 aromatic rings. The van der Waals surface area contributed by atoms with E-state index in [0.29, 0.717) is 17.7 Å². The number of aryl methyl sites for hydroxylation is 1. The van der Waals surface area contributed by atoms with E-state index in [1.807, 2.05) is 58.0 Å². The van der Waals surface area contributed by atoms with Gasteiger partial charge in [0.25, 0.3) is 0 Å². The molecule has 0 spiro atoms. The standard InChI is InChI=1S/C29H38N2O7/c1-14-10-9-11-17(28(3,4)5)21(14)30-27(34)37-23-22(31(7)8)16-12-18(35-26(16)33)20-15(2)25(32)36-19(20)13-29(6)24(23)38-29/h9-12,15,18-20,22-24H,13H2,1-8H3,(H,30,34)/t15?,18-,19+,20+,22+,23-,24+,29+/m1/s1. The highest BCUT2D eigenvalue weighted by atomic mass is 16.7. The number of anilines is 1. The first-order valence-corrected chi connectivity index (χ1v) is 13.3. The van der Waals surface area contributed by atoms with Gasteiger partial charge in [0.1, 0.15) is 18.3 Å². The number of likely N-dealkylation sites (N-methyl/N-ethyl adjacent to an activating group) is 1. The number of para-hydroxylation sites is 1. The number of nitrogens with zero attached hydrogens (tertiary/aromatic N) is 1. The monoisotopic (exact) mass is 526 g/mol. The van der Waals surface area contributed by atoms with Crippen LogP contribution in [-0.4, -0.2) is 73.1 Å². The van der Waals surface area contributed by atoms with Crippen molar-refractivity contribution in [1.82, 2.24) is 4.90 Å². The minimum Gasteiger partial charge on any atom is -0.462 e. The van der Waals surface area contributed by atoms with Crippen molar-refractivity contribution in [1.29, 1.82) is 0 Å². The zero-order valence-electron chi connectivity index (χ0n) is 23.4. The Morgan fingerprint density at radius 2 is 1.89 bits per heavy atom. The van der Waals surface area contributed by atoms with Gasteiger partial charge in [0.2, 0.25) is 0 Å². The molecule has 2 saturated heterocycles. The van der Waals surface area contributed by atoms with Gasteiger partial charge in [0.15, 0.2) is 6.10 Å². The number of nitrogens with one attached hydrogen (secondary N) is 1. The fourth-order valence-electron chi connectivity index (χ4n) is 6.36. The van der Waals surface area contributed by atoms with Crippen molar-refractivity contribution in [3.05, 3.63) is 41.0 Å². The van der Waals surface area contributed by atoms with E-state index in [0.717, 1.165) is 11.1 Å². The van der Waals surface area contributed by atoms with Gasteiger partial charge in [-0.05, 0) is 50.6 Å². The average molecular weight is 527 g/mol. The third-order valence-corrected chi connectivity index (χ3v) is 8.43.